The van der Waals surface area contributed by atoms with E-state index in [1.54, 1.807) is 14.2 Å². The standard InChI is InChI=1S/C16H27NO2/c1-12(8-9-17-3)6-7-14-11-16(19-5)15(18-4)10-13(14)2/h10-12,17H,6-9H2,1-5H3. The molecule has 0 aromatic heterocycles. The molecule has 1 N–H and O–H groups in total. The molecular formula is C16H27NO2. The van der Waals surface area contributed by atoms with E-state index in [1.165, 1.54) is 24.0 Å². The molecule has 0 bridgehead atoms. The van der Waals surface area contributed by atoms with Gasteiger partial charge in [-0.05, 0) is 69.0 Å². The summed E-state index contributed by atoms with van der Waals surface area (Å²) in [5, 5.41) is 3.20. The Labute approximate surface area is 117 Å². The molecule has 0 spiro atoms. The van der Waals surface area contributed by atoms with Gasteiger partial charge in [0.05, 0.1) is 14.2 Å². The molecule has 108 valence electrons. The average molecular weight is 265 g/mol. The highest BCUT2D eigenvalue weighted by molar-refractivity contribution is 5.47. The number of hydrogen-bond acceptors (Lipinski definition) is 3. The SMILES string of the molecule is CNCCC(C)CCc1cc(OC)c(OC)cc1C. The van der Waals surface area contributed by atoms with E-state index < -0.39 is 0 Å². The fraction of sp³-hybridized carbons (Fsp3) is 0.625. The highest BCUT2D eigenvalue weighted by Crippen LogP contribution is 2.31. The van der Waals surface area contributed by atoms with Crippen LogP contribution in [0.25, 0.3) is 0 Å². The van der Waals surface area contributed by atoms with E-state index in [2.05, 4.69) is 31.3 Å². The molecule has 1 atom stereocenters. The van der Waals surface area contributed by atoms with Crippen LogP contribution >= 0.6 is 0 Å². The van der Waals surface area contributed by atoms with Gasteiger partial charge >= 0.3 is 0 Å². The smallest absolute Gasteiger partial charge is 0.161 e. The van der Waals surface area contributed by atoms with Crippen LogP contribution in [0, 0.1) is 12.8 Å². The largest absolute Gasteiger partial charge is 0.493 e. The summed E-state index contributed by atoms with van der Waals surface area (Å²) in [5.74, 6) is 2.37. The van der Waals surface area contributed by atoms with Crippen LogP contribution in [-0.4, -0.2) is 27.8 Å². The Morgan fingerprint density at radius 1 is 1.11 bits per heavy atom. The zero-order chi connectivity index (χ0) is 14.3. The van der Waals surface area contributed by atoms with Gasteiger partial charge in [0, 0.05) is 0 Å². The van der Waals surface area contributed by atoms with Crippen molar-refractivity contribution in [3.05, 3.63) is 23.3 Å². The summed E-state index contributed by atoms with van der Waals surface area (Å²) < 4.78 is 10.7. The molecule has 0 heterocycles. The first-order valence-electron chi connectivity index (χ1n) is 6.98. The fourth-order valence-electron chi connectivity index (χ4n) is 2.23. The maximum Gasteiger partial charge on any atom is 0.161 e. The van der Waals surface area contributed by atoms with Crippen LogP contribution in [0.4, 0.5) is 0 Å². The second-order valence-electron chi connectivity index (χ2n) is 5.17. The van der Waals surface area contributed by atoms with E-state index in [-0.39, 0.29) is 0 Å². The van der Waals surface area contributed by atoms with E-state index in [9.17, 15) is 0 Å². The van der Waals surface area contributed by atoms with E-state index in [0.29, 0.717) is 0 Å². The van der Waals surface area contributed by atoms with Crippen molar-refractivity contribution < 1.29 is 9.47 Å². The highest BCUT2D eigenvalue weighted by atomic mass is 16.5. The van der Waals surface area contributed by atoms with Crippen molar-refractivity contribution in [2.24, 2.45) is 5.92 Å². The topological polar surface area (TPSA) is 30.5 Å². The quantitative estimate of drug-likeness (QED) is 0.783. The molecule has 0 saturated heterocycles. The number of ether oxygens (including phenoxy) is 2. The Hall–Kier alpha value is -1.22. The molecule has 0 aliphatic heterocycles. The molecule has 1 unspecified atom stereocenters. The van der Waals surface area contributed by atoms with Gasteiger partial charge in [0.2, 0.25) is 0 Å². The summed E-state index contributed by atoms with van der Waals surface area (Å²) >= 11 is 0. The maximum atomic E-state index is 5.37. The van der Waals surface area contributed by atoms with E-state index in [0.717, 1.165) is 30.4 Å². The number of methoxy groups -OCH3 is 2. The second-order valence-corrected chi connectivity index (χ2v) is 5.17. The van der Waals surface area contributed by atoms with E-state index in [1.807, 2.05) is 7.05 Å². The molecule has 0 fully saturated rings. The first kappa shape index (κ1) is 15.8. The molecule has 1 rings (SSSR count). The Bertz CT molecular complexity index is 391. The van der Waals surface area contributed by atoms with Gasteiger partial charge in [0.1, 0.15) is 0 Å². The van der Waals surface area contributed by atoms with Crippen molar-refractivity contribution in [3.8, 4) is 11.5 Å². The highest BCUT2D eigenvalue weighted by Gasteiger charge is 2.10. The maximum absolute atomic E-state index is 5.37. The van der Waals surface area contributed by atoms with Crippen LogP contribution in [0.2, 0.25) is 0 Å². The van der Waals surface area contributed by atoms with Crippen molar-refractivity contribution in [3.63, 3.8) is 0 Å². The van der Waals surface area contributed by atoms with Crippen LogP contribution in [-0.2, 0) is 6.42 Å². The lowest BCUT2D eigenvalue weighted by Crippen LogP contribution is -2.12. The van der Waals surface area contributed by atoms with Crippen LogP contribution in [0.5, 0.6) is 11.5 Å². The molecule has 1 aromatic carbocycles. The first-order chi connectivity index (χ1) is 9.12. The minimum Gasteiger partial charge on any atom is -0.493 e. The van der Waals surface area contributed by atoms with Gasteiger partial charge < -0.3 is 14.8 Å². The fourth-order valence-corrected chi connectivity index (χ4v) is 2.23. The Kier molecular flexibility index (Phi) is 6.71. The van der Waals surface area contributed by atoms with Gasteiger partial charge in [0.25, 0.3) is 0 Å². The van der Waals surface area contributed by atoms with E-state index >= 15 is 0 Å². The van der Waals surface area contributed by atoms with Crippen molar-refractivity contribution in [2.45, 2.75) is 33.1 Å². The van der Waals surface area contributed by atoms with Crippen LogP contribution < -0.4 is 14.8 Å². The van der Waals surface area contributed by atoms with Crippen LogP contribution in [0.3, 0.4) is 0 Å². The predicted octanol–water partition coefficient (Wildman–Crippen LogP) is 3.19. The zero-order valence-corrected chi connectivity index (χ0v) is 12.9. The van der Waals surface area contributed by atoms with Crippen molar-refractivity contribution in [1.29, 1.82) is 0 Å². The minimum absolute atomic E-state index is 0.736. The molecule has 0 amide bonds. The number of rotatable bonds is 8. The number of benzene rings is 1. The average Bonchev–Trinajstić information content (AvgIpc) is 2.43. The summed E-state index contributed by atoms with van der Waals surface area (Å²) in [6.07, 6.45) is 3.53. The Morgan fingerprint density at radius 3 is 2.32 bits per heavy atom. The predicted molar refractivity (Wildman–Crippen MR) is 80.3 cm³/mol. The molecule has 3 nitrogen and oxygen atoms in total. The monoisotopic (exact) mass is 265 g/mol. The van der Waals surface area contributed by atoms with Gasteiger partial charge in [0.15, 0.2) is 11.5 Å². The number of aryl methyl sites for hydroxylation is 2. The molecule has 19 heavy (non-hydrogen) atoms. The van der Waals surface area contributed by atoms with Gasteiger partial charge in [-0.2, -0.15) is 0 Å². The number of nitrogens with one attached hydrogen (secondary N) is 1. The second kappa shape index (κ2) is 8.05. The minimum atomic E-state index is 0.736. The number of hydrogen-bond donors (Lipinski definition) is 1. The lowest BCUT2D eigenvalue weighted by molar-refractivity contribution is 0.354. The van der Waals surface area contributed by atoms with E-state index in [4.69, 9.17) is 9.47 Å². The summed E-state index contributed by atoms with van der Waals surface area (Å²) in [6, 6.07) is 4.17. The lowest BCUT2D eigenvalue weighted by atomic mass is 9.95. The Morgan fingerprint density at radius 2 is 1.74 bits per heavy atom. The van der Waals surface area contributed by atoms with Gasteiger partial charge in [-0.15, -0.1) is 0 Å². The molecule has 0 radical (unpaired) electrons. The molecule has 1 aromatic rings. The van der Waals surface area contributed by atoms with Crippen molar-refractivity contribution in [2.75, 3.05) is 27.8 Å². The van der Waals surface area contributed by atoms with Gasteiger partial charge in [-0.25, -0.2) is 0 Å². The van der Waals surface area contributed by atoms with Crippen LogP contribution in [0.15, 0.2) is 12.1 Å². The molecule has 0 aliphatic rings. The van der Waals surface area contributed by atoms with Crippen molar-refractivity contribution >= 4 is 0 Å². The summed E-state index contributed by atoms with van der Waals surface area (Å²) in [7, 11) is 5.37. The normalized spacial score (nSPS) is 12.3. The molecular weight excluding hydrogens is 238 g/mol. The lowest BCUT2D eigenvalue weighted by Gasteiger charge is -2.15. The summed E-state index contributed by atoms with van der Waals surface area (Å²) in [6.45, 7) is 5.54. The molecule has 0 aliphatic carbocycles. The summed E-state index contributed by atoms with van der Waals surface area (Å²) in [5.41, 5.74) is 2.63. The Balaban J connectivity index is 2.67. The third-order valence-electron chi connectivity index (χ3n) is 3.64. The van der Waals surface area contributed by atoms with Gasteiger partial charge in [-0.3, -0.25) is 0 Å². The van der Waals surface area contributed by atoms with Crippen LogP contribution in [0.1, 0.15) is 30.9 Å². The van der Waals surface area contributed by atoms with Gasteiger partial charge in [-0.1, -0.05) is 6.92 Å². The third-order valence-corrected chi connectivity index (χ3v) is 3.64. The molecule has 3 heteroatoms. The molecule has 0 saturated carbocycles. The van der Waals surface area contributed by atoms with Crippen molar-refractivity contribution in [1.82, 2.24) is 5.32 Å². The third kappa shape index (κ3) is 4.75. The first-order valence-corrected chi connectivity index (χ1v) is 6.98. The summed E-state index contributed by atoms with van der Waals surface area (Å²) in [4.78, 5) is 0. The zero-order valence-electron chi connectivity index (χ0n) is 12.9.